The van der Waals surface area contributed by atoms with Crippen molar-refractivity contribution in [1.82, 2.24) is 4.90 Å². The third-order valence-electron chi connectivity index (χ3n) is 3.91. The summed E-state index contributed by atoms with van der Waals surface area (Å²) in [7, 11) is 0. The number of benzene rings is 1. The number of piperidine rings is 1. The van der Waals surface area contributed by atoms with E-state index < -0.39 is 5.60 Å². The van der Waals surface area contributed by atoms with Gasteiger partial charge in [-0.05, 0) is 31.4 Å². The Kier molecular flexibility index (Phi) is 5.01. The standard InChI is InChI=1S/C16H24N2O2/c1-2-6-15(19)18-11-9-16(20,10-12-18)13-17-14-7-4-3-5-8-14/h3-5,7-8,17,20H,2,6,9-13H2,1H3. The van der Waals surface area contributed by atoms with E-state index in [-0.39, 0.29) is 5.91 Å². The summed E-state index contributed by atoms with van der Waals surface area (Å²) in [5.41, 5.74) is 0.309. The Morgan fingerprint density at radius 3 is 2.55 bits per heavy atom. The lowest BCUT2D eigenvalue weighted by atomic mass is 9.91. The molecule has 4 nitrogen and oxygen atoms in total. The van der Waals surface area contributed by atoms with E-state index in [1.807, 2.05) is 42.2 Å². The molecule has 20 heavy (non-hydrogen) atoms. The molecular formula is C16H24N2O2. The van der Waals surface area contributed by atoms with Crippen LogP contribution in [0.5, 0.6) is 0 Å². The smallest absolute Gasteiger partial charge is 0.222 e. The summed E-state index contributed by atoms with van der Waals surface area (Å²) in [6.45, 7) is 3.87. The zero-order valence-electron chi connectivity index (χ0n) is 12.1. The number of para-hydroxylation sites is 1. The monoisotopic (exact) mass is 276 g/mol. The van der Waals surface area contributed by atoms with Crippen molar-refractivity contribution in [3.05, 3.63) is 30.3 Å². The second-order valence-electron chi connectivity index (χ2n) is 5.57. The summed E-state index contributed by atoms with van der Waals surface area (Å²) in [5.74, 6) is 0.213. The minimum atomic E-state index is -0.709. The van der Waals surface area contributed by atoms with Gasteiger partial charge in [0.15, 0.2) is 0 Å². The van der Waals surface area contributed by atoms with Crippen LogP contribution in [0, 0.1) is 0 Å². The number of rotatable bonds is 5. The SMILES string of the molecule is CCCC(=O)N1CCC(O)(CNc2ccccc2)CC1. The number of nitrogens with zero attached hydrogens (tertiary/aromatic N) is 1. The van der Waals surface area contributed by atoms with Crippen LogP contribution in [0.4, 0.5) is 5.69 Å². The molecule has 1 aliphatic heterocycles. The highest BCUT2D eigenvalue weighted by atomic mass is 16.3. The lowest BCUT2D eigenvalue weighted by Gasteiger charge is -2.38. The first-order valence-corrected chi connectivity index (χ1v) is 7.42. The van der Waals surface area contributed by atoms with Crippen LogP contribution in [0.1, 0.15) is 32.6 Å². The molecule has 1 saturated heterocycles. The predicted octanol–water partition coefficient (Wildman–Crippen LogP) is 2.25. The van der Waals surface area contributed by atoms with Crippen LogP contribution in [0.3, 0.4) is 0 Å². The first-order chi connectivity index (χ1) is 9.63. The maximum Gasteiger partial charge on any atom is 0.222 e. The molecule has 0 unspecified atom stereocenters. The van der Waals surface area contributed by atoms with Gasteiger partial charge in [0.25, 0.3) is 0 Å². The highest BCUT2D eigenvalue weighted by molar-refractivity contribution is 5.76. The number of likely N-dealkylation sites (tertiary alicyclic amines) is 1. The molecule has 1 aromatic rings. The number of aliphatic hydroxyl groups is 1. The molecule has 1 amide bonds. The van der Waals surface area contributed by atoms with Gasteiger partial charge < -0.3 is 15.3 Å². The second-order valence-corrected chi connectivity index (χ2v) is 5.57. The molecule has 0 aromatic heterocycles. The van der Waals surface area contributed by atoms with Crippen LogP contribution in [-0.2, 0) is 4.79 Å². The lowest BCUT2D eigenvalue weighted by Crippen LogP contribution is -2.49. The van der Waals surface area contributed by atoms with E-state index in [4.69, 9.17) is 0 Å². The van der Waals surface area contributed by atoms with Crippen LogP contribution in [0.25, 0.3) is 0 Å². The zero-order chi connectivity index (χ0) is 14.4. The van der Waals surface area contributed by atoms with E-state index in [0.29, 0.717) is 38.9 Å². The summed E-state index contributed by atoms with van der Waals surface area (Å²) in [6.07, 6.45) is 2.78. The van der Waals surface area contributed by atoms with Gasteiger partial charge >= 0.3 is 0 Å². The Hall–Kier alpha value is -1.55. The number of carbonyl (C=O) groups excluding carboxylic acids is 1. The number of hydrogen-bond donors (Lipinski definition) is 2. The van der Waals surface area contributed by atoms with E-state index in [1.165, 1.54) is 0 Å². The van der Waals surface area contributed by atoms with Crippen LogP contribution >= 0.6 is 0 Å². The summed E-state index contributed by atoms with van der Waals surface area (Å²) in [4.78, 5) is 13.7. The average Bonchev–Trinajstić information content (AvgIpc) is 2.47. The minimum absolute atomic E-state index is 0.213. The Bertz CT molecular complexity index is 425. The van der Waals surface area contributed by atoms with Crippen molar-refractivity contribution >= 4 is 11.6 Å². The quantitative estimate of drug-likeness (QED) is 0.867. The van der Waals surface area contributed by atoms with Gasteiger partial charge in [-0.25, -0.2) is 0 Å². The van der Waals surface area contributed by atoms with Crippen LogP contribution in [0.2, 0.25) is 0 Å². The molecular weight excluding hydrogens is 252 g/mol. The van der Waals surface area contributed by atoms with E-state index in [1.54, 1.807) is 0 Å². The highest BCUT2D eigenvalue weighted by Crippen LogP contribution is 2.23. The highest BCUT2D eigenvalue weighted by Gasteiger charge is 2.33. The van der Waals surface area contributed by atoms with Crippen molar-refractivity contribution in [1.29, 1.82) is 0 Å². The van der Waals surface area contributed by atoms with Gasteiger partial charge in [0.2, 0.25) is 5.91 Å². The van der Waals surface area contributed by atoms with E-state index in [9.17, 15) is 9.90 Å². The van der Waals surface area contributed by atoms with Gasteiger partial charge in [-0.15, -0.1) is 0 Å². The van der Waals surface area contributed by atoms with Crippen molar-refractivity contribution < 1.29 is 9.90 Å². The fraction of sp³-hybridized carbons (Fsp3) is 0.562. The van der Waals surface area contributed by atoms with Gasteiger partial charge in [-0.1, -0.05) is 25.1 Å². The van der Waals surface area contributed by atoms with Crippen molar-refractivity contribution in [3.63, 3.8) is 0 Å². The molecule has 4 heteroatoms. The normalized spacial score (nSPS) is 17.8. The summed E-state index contributed by atoms with van der Waals surface area (Å²) in [5, 5.41) is 13.8. The molecule has 0 bridgehead atoms. The Morgan fingerprint density at radius 1 is 1.30 bits per heavy atom. The van der Waals surface area contributed by atoms with E-state index in [0.717, 1.165) is 12.1 Å². The van der Waals surface area contributed by atoms with E-state index >= 15 is 0 Å². The summed E-state index contributed by atoms with van der Waals surface area (Å²) in [6, 6.07) is 9.89. The molecule has 2 rings (SSSR count). The zero-order valence-corrected chi connectivity index (χ0v) is 12.1. The topological polar surface area (TPSA) is 52.6 Å². The molecule has 1 aliphatic rings. The van der Waals surface area contributed by atoms with Crippen LogP contribution in [0.15, 0.2) is 30.3 Å². The maximum absolute atomic E-state index is 11.8. The number of carbonyl (C=O) groups is 1. The Morgan fingerprint density at radius 2 is 1.95 bits per heavy atom. The van der Waals surface area contributed by atoms with E-state index in [2.05, 4.69) is 5.32 Å². The molecule has 0 atom stereocenters. The van der Waals surface area contributed by atoms with Crippen LogP contribution in [-0.4, -0.2) is 41.1 Å². The number of hydrogen-bond acceptors (Lipinski definition) is 3. The molecule has 2 N–H and O–H groups in total. The van der Waals surface area contributed by atoms with Crippen molar-refractivity contribution in [2.24, 2.45) is 0 Å². The molecule has 0 spiro atoms. The maximum atomic E-state index is 11.8. The predicted molar refractivity (Wildman–Crippen MR) is 80.6 cm³/mol. The van der Waals surface area contributed by atoms with Gasteiger partial charge in [0.05, 0.1) is 5.60 Å². The number of amides is 1. The molecule has 0 aliphatic carbocycles. The Labute approximate surface area is 120 Å². The molecule has 1 fully saturated rings. The summed E-state index contributed by atoms with van der Waals surface area (Å²) < 4.78 is 0. The molecule has 110 valence electrons. The number of anilines is 1. The van der Waals surface area contributed by atoms with Gasteiger partial charge in [-0.3, -0.25) is 4.79 Å². The van der Waals surface area contributed by atoms with Crippen molar-refractivity contribution in [2.45, 2.75) is 38.2 Å². The third kappa shape index (κ3) is 3.97. The van der Waals surface area contributed by atoms with Gasteiger partial charge in [0, 0.05) is 31.7 Å². The van der Waals surface area contributed by atoms with Crippen molar-refractivity contribution in [3.8, 4) is 0 Å². The molecule has 0 radical (unpaired) electrons. The van der Waals surface area contributed by atoms with Crippen LogP contribution < -0.4 is 5.32 Å². The first kappa shape index (κ1) is 14.9. The Balaban J connectivity index is 1.81. The summed E-state index contributed by atoms with van der Waals surface area (Å²) >= 11 is 0. The average molecular weight is 276 g/mol. The molecule has 0 saturated carbocycles. The molecule has 1 heterocycles. The number of nitrogens with one attached hydrogen (secondary N) is 1. The van der Waals surface area contributed by atoms with Gasteiger partial charge in [-0.2, -0.15) is 0 Å². The largest absolute Gasteiger partial charge is 0.388 e. The fourth-order valence-corrected chi connectivity index (χ4v) is 2.54. The second kappa shape index (κ2) is 6.75. The third-order valence-corrected chi connectivity index (χ3v) is 3.91. The minimum Gasteiger partial charge on any atom is -0.388 e. The van der Waals surface area contributed by atoms with Crippen molar-refractivity contribution in [2.75, 3.05) is 25.0 Å². The fourth-order valence-electron chi connectivity index (χ4n) is 2.54. The van der Waals surface area contributed by atoms with Gasteiger partial charge in [0.1, 0.15) is 0 Å². The lowest BCUT2D eigenvalue weighted by molar-refractivity contribution is -0.135. The first-order valence-electron chi connectivity index (χ1n) is 7.42. The molecule has 1 aromatic carbocycles.